The zero-order valence-electron chi connectivity index (χ0n) is 58.3. The predicted octanol–water partition coefficient (Wildman–Crippen LogP) is 20.5. The molecule has 0 fully saturated rings. The van der Waals surface area contributed by atoms with Crippen molar-refractivity contribution in [1.82, 2.24) is 0 Å². The van der Waals surface area contributed by atoms with Crippen LogP contribution in [0.2, 0.25) is 0 Å². The average molecular weight is 1330 g/mol. The zero-order valence-corrected chi connectivity index (χ0v) is 60.1. The maximum Gasteiger partial charge on any atom is 0.472 e. The third kappa shape index (κ3) is 64.8. The zero-order chi connectivity index (χ0) is 66.3. The monoisotopic (exact) mass is 1320 g/mol. The van der Waals surface area contributed by atoms with E-state index in [0.717, 1.165) is 95.8 Å². The van der Waals surface area contributed by atoms with E-state index in [2.05, 4.69) is 34.6 Å². The minimum atomic E-state index is -4.95. The number of carbonyl (C=O) groups excluding carboxylic acids is 4. The van der Waals surface area contributed by atoms with Gasteiger partial charge in [-0.3, -0.25) is 37.3 Å². The molecule has 0 saturated carbocycles. The number of aliphatic hydroxyl groups is 1. The highest BCUT2D eigenvalue weighted by molar-refractivity contribution is 7.47. The molecule has 19 heteroatoms. The molecule has 0 aliphatic heterocycles. The number of unbranched alkanes of at least 4 members (excludes halogenated alkanes) is 43. The van der Waals surface area contributed by atoms with Gasteiger partial charge in [0.1, 0.15) is 19.3 Å². The van der Waals surface area contributed by atoms with E-state index in [1.807, 2.05) is 0 Å². The first kappa shape index (κ1) is 88.1. The van der Waals surface area contributed by atoms with Crippen molar-refractivity contribution in [2.24, 2.45) is 5.92 Å². The maximum atomic E-state index is 13.0. The van der Waals surface area contributed by atoms with E-state index < -0.39 is 97.5 Å². The van der Waals surface area contributed by atoms with Gasteiger partial charge in [-0.2, -0.15) is 0 Å². The third-order valence-corrected chi connectivity index (χ3v) is 18.4. The largest absolute Gasteiger partial charge is 0.472 e. The molecule has 0 aliphatic carbocycles. The summed E-state index contributed by atoms with van der Waals surface area (Å²) in [6, 6.07) is 0. The SMILES string of the molecule is CCCCCCCCCCCCCCCCCC(=O)O[C@H](COC(=O)CCCCCCCCCCCCCC)COP(=O)(O)OC[C@@H](O)COP(=O)(O)OC[C@@H](COC(=O)CCCCCCCCCCC(C)C)OC(=O)CCCCCCCCCCCCCC. The highest BCUT2D eigenvalue weighted by atomic mass is 31.2. The van der Waals surface area contributed by atoms with Crippen molar-refractivity contribution in [3.05, 3.63) is 0 Å². The molecule has 0 bridgehead atoms. The summed E-state index contributed by atoms with van der Waals surface area (Å²) >= 11 is 0. The summed E-state index contributed by atoms with van der Waals surface area (Å²) in [6.45, 7) is 7.23. The molecule has 534 valence electrons. The average Bonchev–Trinajstić information content (AvgIpc) is 3.72. The highest BCUT2D eigenvalue weighted by Gasteiger charge is 2.30. The van der Waals surface area contributed by atoms with Gasteiger partial charge in [-0.25, -0.2) is 9.13 Å². The number of ether oxygens (including phenoxy) is 4. The lowest BCUT2D eigenvalue weighted by molar-refractivity contribution is -0.161. The molecular weight excluding hydrogens is 1190 g/mol. The van der Waals surface area contributed by atoms with Crippen LogP contribution in [-0.2, 0) is 65.4 Å². The van der Waals surface area contributed by atoms with E-state index in [9.17, 15) is 43.2 Å². The Morgan fingerprint density at radius 1 is 0.300 bits per heavy atom. The van der Waals surface area contributed by atoms with Gasteiger partial charge in [0, 0.05) is 25.7 Å². The Hall–Kier alpha value is -1.94. The van der Waals surface area contributed by atoms with Gasteiger partial charge < -0.3 is 33.8 Å². The van der Waals surface area contributed by atoms with Crippen LogP contribution in [0.3, 0.4) is 0 Å². The second-order valence-electron chi connectivity index (χ2n) is 26.1. The van der Waals surface area contributed by atoms with E-state index >= 15 is 0 Å². The smallest absolute Gasteiger partial charge is 0.462 e. The minimum absolute atomic E-state index is 0.107. The van der Waals surface area contributed by atoms with Crippen LogP contribution in [-0.4, -0.2) is 96.7 Å². The molecule has 2 unspecified atom stereocenters. The Balaban J connectivity index is 5.25. The molecule has 5 atom stereocenters. The number of rotatable bonds is 71. The van der Waals surface area contributed by atoms with E-state index in [0.29, 0.717) is 25.7 Å². The summed E-state index contributed by atoms with van der Waals surface area (Å²) in [6.07, 6.45) is 51.2. The van der Waals surface area contributed by atoms with Crippen LogP contribution in [0.15, 0.2) is 0 Å². The van der Waals surface area contributed by atoms with Gasteiger partial charge in [-0.1, -0.05) is 317 Å². The summed E-state index contributed by atoms with van der Waals surface area (Å²) in [5, 5.41) is 10.6. The van der Waals surface area contributed by atoms with Crippen molar-refractivity contribution in [3.63, 3.8) is 0 Å². The summed E-state index contributed by atoms with van der Waals surface area (Å²) in [5.41, 5.74) is 0. The molecular formula is C71H138O17P2. The first-order chi connectivity index (χ1) is 43.5. The fourth-order valence-corrected chi connectivity index (χ4v) is 12.4. The molecule has 0 aromatic heterocycles. The lowest BCUT2D eigenvalue weighted by Gasteiger charge is -2.21. The Kier molecular flexibility index (Phi) is 63.0. The highest BCUT2D eigenvalue weighted by Crippen LogP contribution is 2.45. The molecule has 0 aromatic carbocycles. The van der Waals surface area contributed by atoms with Crippen LogP contribution < -0.4 is 0 Å². The van der Waals surface area contributed by atoms with Crippen molar-refractivity contribution in [1.29, 1.82) is 0 Å². The van der Waals surface area contributed by atoms with Crippen molar-refractivity contribution in [3.8, 4) is 0 Å². The fraction of sp³-hybridized carbons (Fsp3) is 0.944. The molecule has 0 amide bonds. The number of carbonyl (C=O) groups is 4. The number of phosphoric ester groups is 2. The van der Waals surface area contributed by atoms with Gasteiger partial charge in [0.15, 0.2) is 12.2 Å². The van der Waals surface area contributed by atoms with Gasteiger partial charge in [-0.05, 0) is 31.6 Å². The van der Waals surface area contributed by atoms with Crippen LogP contribution in [0.5, 0.6) is 0 Å². The predicted molar refractivity (Wildman–Crippen MR) is 363 cm³/mol. The first-order valence-corrected chi connectivity index (χ1v) is 40.1. The molecule has 0 spiro atoms. The molecule has 3 N–H and O–H groups in total. The molecule has 0 heterocycles. The van der Waals surface area contributed by atoms with Crippen LogP contribution in [0.4, 0.5) is 0 Å². The second-order valence-corrected chi connectivity index (χ2v) is 29.0. The van der Waals surface area contributed by atoms with Crippen molar-refractivity contribution >= 4 is 39.5 Å². The van der Waals surface area contributed by atoms with E-state index in [1.54, 1.807) is 0 Å². The lowest BCUT2D eigenvalue weighted by atomic mass is 10.0. The van der Waals surface area contributed by atoms with Crippen LogP contribution in [0, 0.1) is 5.92 Å². The first-order valence-electron chi connectivity index (χ1n) is 37.1. The summed E-state index contributed by atoms with van der Waals surface area (Å²) < 4.78 is 68.3. The van der Waals surface area contributed by atoms with Crippen molar-refractivity contribution in [2.45, 2.75) is 387 Å². The van der Waals surface area contributed by atoms with Crippen molar-refractivity contribution in [2.75, 3.05) is 39.6 Å². The van der Waals surface area contributed by atoms with Gasteiger partial charge in [-0.15, -0.1) is 0 Å². The Labute approximate surface area is 549 Å². The number of esters is 4. The van der Waals surface area contributed by atoms with Crippen LogP contribution >= 0.6 is 15.6 Å². The topological polar surface area (TPSA) is 237 Å². The minimum Gasteiger partial charge on any atom is -0.462 e. The quantitative estimate of drug-likeness (QED) is 0.0222. The molecule has 0 rings (SSSR count). The number of phosphoric acid groups is 2. The van der Waals surface area contributed by atoms with Crippen molar-refractivity contribution < 1.29 is 80.2 Å². The summed E-state index contributed by atoms with van der Waals surface area (Å²) in [4.78, 5) is 72.6. The summed E-state index contributed by atoms with van der Waals surface area (Å²) in [5.74, 6) is -1.39. The molecule has 0 radical (unpaired) electrons. The molecule has 17 nitrogen and oxygen atoms in total. The van der Waals surface area contributed by atoms with E-state index in [1.165, 1.54) is 193 Å². The Bertz CT molecular complexity index is 1740. The van der Waals surface area contributed by atoms with Crippen LogP contribution in [0.1, 0.15) is 369 Å². The molecule has 0 saturated heterocycles. The molecule has 0 aromatic rings. The standard InChI is InChI=1S/C71H138O17P2/c1-6-9-12-15-18-21-24-27-28-29-32-35-42-47-52-57-71(76)87-66(60-81-68(73)54-49-44-39-33-30-25-22-19-16-13-10-7-2)62-85-89(77,78)83-58-65(72)59-84-90(79,80)86-63-67(61-82-69(74)55-50-45-40-37-36-38-43-48-53-64(4)5)88-70(75)56-51-46-41-34-31-26-23-20-17-14-11-8-3/h64-67,72H,6-63H2,1-5H3,(H,77,78)(H,79,80)/t65-,66-,67-/m1/s1. The van der Waals surface area contributed by atoms with E-state index in [-0.39, 0.29) is 25.7 Å². The third-order valence-electron chi connectivity index (χ3n) is 16.5. The summed E-state index contributed by atoms with van der Waals surface area (Å²) in [7, 11) is -9.90. The van der Waals surface area contributed by atoms with Gasteiger partial charge in [0.05, 0.1) is 26.4 Å². The van der Waals surface area contributed by atoms with E-state index in [4.69, 9.17) is 37.0 Å². The van der Waals surface area contributed by atoms with Gasteiger partial charge in [0.2, 0.25) is 0 Å². The van der Waals surface area contributed by atoms with Crippen LogP contribution in [0.25, 0.3) is 0 Å². The van der Waals surface area contributed by atoms with Gasteiger partial charge >= 0.3 is 39.5 Å². The molecule has 0 aliphatic rings. The molecule has 90 heavy (non-hydrogen) atoms. The number of hydrogen-bond donors (Lipinski definition) is 3. The number of aliphatic hydroxyl groups excluding tert-OH is 1. The van der Waals surface area contributed by atoms with Gasteiger partial charge in [0.25, 0.3) is 0 Å². The normalized spacial score (nSPS) is 14.1. The maximum absolute atomic E-state index is 13.0. The lowest BCUT2D eigenvalue weighted by Crippen LogP contribution is -2.30. The second kappa shape index (κ2) is 64.4. The fourth-order valence-electron chi connectivity index (χ4n) is 10.8. The Morgan fingerprint density at radius 2 is 0.511 bits per heavy atom. The number of hydrogen-bond acceptors (Lipinski definition) is 15. The Morgan fingerprint density at radius 3 is 0.756 bits per heavy atom.